The van der Waals surface area contributed by atoms with Crippen molar-refractivity contribution in [3.63, 3.8) is 0 Å². The molecule has 0 nitrogen and oxygen atoms in total. The summed E-state index contributed by atoms with van der Waals surface area (Å²) in [5, 5.41) is 0. The minimum absolute atomic E-state index is 0. The van der Waals surface area contributed by atoms with Gasteiger partial charge in [-0.3, -0.25) is 0 Å². The van der Waals surface area contributed by atoms with Crippen LogP contribution in [-0.2, 0) is 62.0 Å². The summed E-state index contributed by atoms with van der Waals surface area (Å²) in [6, 6.07) is 25.7. The molecular formula is C43H44Cl6Zr. The summed E-state index contributed by atoms with van der Waals surface area (Å²) in [6.07, 6.45) is 10.3. The molecule has 4 aromatic carbocycles. The average Bonchev–Trinajstić information content (AvgIpc) is 3.73. The van der Waals surface area contributed by atoms with Crippen molar-refractivity contribution < 1.29 is 46.1 Å². The first kappa shape index (κ1) is 41.6. The van der Waals surface area contributed by atoms with Crippen molar-refractivity contribution in [3.8, 4) is 11.1 Å². The molecule has 0 N–H and O–H groups in total. The normalized spacial score (nSPS) is 13.3. The number of alkyl halides is 4. The summed E-state index contributed by atoms with van der Waals surface area (Å²) in [6.45, 7) is 14.0. The van der Waals surface area contributed by atoms with Crippen LogP contribution in [0.3, 0.4) is 0 Å². The maximum atomic E-state index is 6.55. The molecule has 0 saturated carbocycles. The third-order valence-corrected chi connectivity index (χ3v) is 18.8. The van der Waals surface area contributed by atoms with E-state index in [0.29, 0.717) is 27.1 Å². The van der Waals surface area contributed by atoms with Gasteiger partial charge in [-0.15, -0.1) is 0 Å². The number of hydrogen-bond donors (Lipinski definition) is 0. The average molecular weight is 865 g/mol. The third-order valence-electron chi connectivity index (χ3n) is 9.69. The molecule has 262 valence electrons. The van der Waals surface area contributed by atoms with Gasteiger partial charge in [0.05, 0.1) is 0 Å². The number of rotatable bonds is 8. The summed E-state index contributed by atoms with van der Waals surface area (Å²) in [5.41, 5.74) is 15.4. The molecule has 0 fully saturated rings. The second-order valence-corrected chi connectivity index (χ2v) is 22.6. The molecule has 0 aromatic heterocycles. The van der Waals surface area contributed by atoms with Crippen LogP contribution in [0.2, 0.25) is 3.63 Å². The van der Waals surface area contributed by atoms with Gasteiger partial charge in [0, 0.05) is 0 Å². The standard InChI is InChI=1S/C21H25.C17H14Cl4.C5H5.2ClH.Zr/c1-20(2,3)16-9-7-14-11-15-8-10-17(21(4,5)6)13-19(15)18(14)12-16;18-8-14-2-12(3-15(6-14)9-19)1-13-4-16(10-20)7-17(5-13)11-21;1-2-4-5-3-1;;;/h7,9-10,12-13H,11H2,1-6H3;2-7H,8-11H2;1-5H;2*1H;/q;;;;;+2/p-2. The third kappa shape index (κ3) is 8.63. The van der Waals surface area contributed by atoms with E-state index < -0.39 is 21.3 Å². The minimum atomic E-state index is -2.96. The van der Waals surface area contributed by atoms with Gasteiger partial charge in [-0.1, -0.05) is 0 Å². The zero-order valence-electron chi connectivity index (χ0n) is 29.5. The van der Waals surface area contributed by atoms with E-state index in [0.717, 1.165) is 28.7 Å². The quantitative estimate of drug-likeness (QED) is 0.162. The topological polar surface area (TPSA) is 0 Å². The zero-order chi connectivity index (χ0) is 34.4. The maximum Gasteiger partial charge on any atom is -1.00 e. The van der Waals surface area contributed by atoms with Crippen LogP contribution in [0.25, 0.3) is 11.1 Å². The fourth-order valence-electron chi connectivity index (χ4n) is 7.12. The SMILES string of the molecule is CC(C)(C)c1ccc2c(c1)-c1cc(C(C)(C)C)c[c]([Zr+2](=[C](c3cc(CCl)cc(CCl)c3)c3cc(CCl)cc(CCl)c3)[CH]3C=CC=C3)c1C2.[Cl-].[Cl-]. The van der Waals surface area contributed by atoms with E-state index in [-0.39, 0.29) is 35.6 Å². The predicted molar refractivity (Wildman–Crippen MR) is 208 cm³/mol. The van der Waals surface area contributed by atoms with E-state index >= 15 is 0 Å². The number of fused-ring (bicyclic) bond motifs is 3. The van der Waals surface area contributed by atoms with Crippen LogP contribution in [0.15, 0.2) is 91.0 Å². The predicted octanol–water partition coefficient (Wildman–Crippen LogP) is 6.24. The Labute approximate surface area is 339 Å². The largest absolute Gasteiger partial charge is 1.00 e. The van der Waals surface area contributed by atoms with Crippen LogP contribution in [0.1, 0.15) is 97.2 Å². The fraction of sp³-hybridized carbons (Fsp3) is 0.326. The van der Waals surface area contributed by atoms with E-state index in [1.165, 1.54) is 47.7 Å². The first-order valence-corrected chi connectivity index (χ1v) is 22.8. The molecule has 0 saturated heterocycles. The first-order valence-electron chi connectivity index (χ1n) is 16.8. The molecule has 0 atom stereocenters. The number of benzene rings is 4. The smallest absolute Gasteiger partial charge is 1.00 e. The van der Waals surface area contributed by atoms with E-state index in [4.69, 9.17) is 46.4 Å². The molecule has 2 aliphatic carbocycles. The molecule has 0 bridgehead atoms. The van der Waals surface area contributed by atoms with Crippen LogP contribution in [0.5, 0.6) is 0 Å². The maximum absolute atomic E-state index is 6.55. The van der Waals surface area contributed by atoms with E-state index in [1.807, 2.05) is 0 Å². The Morgan fingerprint density at radius 3 is 1.50 bits per heavy atom. The van der Waals surface area contributed by atoms with Crippen molar-refractivity contribution in [1.82, 2.24) is 0 Å². The van der Waals surface area contributed by atoms with Gasteiger partial charge < -0.3 is 24.8 Å². The second-order valence-electron chi connectivity index (χ2n) is 15.3. The Morgan fingerprint density at radius 2 is 1.06 bits per heavy atom. The van der Waals surface area contributed by atoms with Crippen molar-refractivity contribution in [2.45, 2.75) is 85.9 Å². The van der Waals surface area contributed by atoms with Crippen LogP contribution in [0, 0.1) is 0 Å². The molecule has 7 heteroatoms. The summed E-state index contributed by atoms with van der Waals surface area (Å²) in [4.78, 5) is 0. The summed E-state index contributed by atoms with van der Waals surface area (Å²) >= 11 is 23.2. The Hall–Kier alpha value is -1.15. The molecule has 0 unspecified atom stereocenters. The molecule has 0 spiro atoms. The molecule has 0 amide bonds. The molecule has 50 heavy (non-hydrogen) atoms. The Balaban J connectivity index is 0.00000281. The van der Waals surface area contributed by atoms with Gasteiger partial charge in [-0.2, -0.15) is 0 Å². The van der Waals surface area contributed by atoms with Gasteiger partial charge >= 0.3 is 318 Å². The Kier molecular flexibility index (Phi) is 14.1. The molecule has 6 rings (SSSR count). The van der Waals surface area contributed by atoms with Gasteiger partial charge in [-0.25, -0.2) is 0 Å². The summed E-state index contributed by atoms with van der Waals surface area (Å²) < 4.78 is 3.35. The summed E-state index contributed by atoms with van der Waals surface area (Å²) in [7, 11) is 0. The van der Waals surface area contributed by atoms with Crippen molar-refractivity contribution in [3.05, 3.63) is 147 Å². The molecule has 4 aromatic rings. The van der Waals surface area contributed by atoms with Crippen molar-refractivity contribution in [2.75, 3.05) is 0 Å². The van der Waals surface area contributed by atoms with Gasteiger partial charge in [-0.05, 0) is 0 Å². The van der Waals surface area contributed by atoms with Gasteiger partial charge in [0.15, 0.2) is 0 Å². The second kappa shape index (κ2) is 16.9. The molecule has 0 heterocycles. The fourth-order valence-corrected chi connectivity index (χ4v) is 15.9. The van der Waals surface area contributed by atoms with E-state index in [2.05, 4.69) is 133 Å². The van der Waals surface area contributed by atoms with Crippen LogP contribution in [-0.4, -0.2) is 3.21 Å². The number of hydrogen-bond acceptors (Lipinski definition) is 0. The summed E-state index contributed by atoms with van der Waals surface area (Å²) in [5.74, 6) is 1.73. The van der Waals surface area contributed by atoms with Crippen LogP contribution in [0.4, 0.5) is 0 Å². The monoisotopic (exact) mass is 860 g/mol. The first-order chi connectivity index (χ1) is 22.8. The Morgan fingerprint density at radius 1 is 0.600 bits per heavy atom. The molecule has 2 aliphatic rings. The van der Waals surface area contributed by atoms with E-state index in [1.54, 1.807) is 3.27 Å². The van der Waals surface area contributed by atoms with Gasteiger partial charge in [0.2, 0.25) is 0 Å². The number of halogens is 6. The minimum Gasteiger partial charge on any atom is -1.00 e. The van der Waals surface area contributed by atoms with Gasteiger partial charge in [0.1, 0.15) is 0 Å². The zero-order valence-corrected chi connectivity index (χ0v) is 36.5. The molecule has 0 radical (unpaired) electrons. The van der Waals surface area contributed by atoms with Crippen molar-refractivity contribution in [2.24, 2.45) is 0 Å². The van der Waals surface area contributed by atoms with Crippen LogP contribution < -0.4 is 28.1 Å². The van der Waals surface area contributed by atoms with Gasteiger partial charge in [0.25, 0.3) is 0 Å². The number of allylic oxidation sites excluding steroid dienone is 4. The van der Waals surface area contributed by atoms with Crippen LogP contribution >= 0.6 is 46.4 Å². The Bertz CT molecular complexity index is 1860. The van der Waals surface area contributed by atoms with E-state index in [9.17, 15) is 0 Å². The van der Waals surface area contributed by atoms with Crippen molar-refractivity contribution in [1.29, 1.82) is 0 Å². The molecule has 0 aliphatic heterocycles. The van der Waals surface area contributed by atoms with Crippen molar-refractivity contribution >= 4 is 52.9 Å². The molecular weight excluding hydrogens is 820 g/mol.